The molecule has 0 unspecified atom stereocenters. The lowest BCUT2D eigenvalue weighted by atomic mass is 10.1. The van der Waals surface area contributed by atoms with Crippen LogP contribution in [-0.4, -0.2) is 43.5 Å². The Kier molecular flexibility index (Phi) is 6.16. The molecule has 13 heteroatoms. The molecule has 0 spiro atoms. The molecule has 0 bridgehead atoms. The Hall–Kier alpha value is -1.53. The first-order valence-corrected chi connectivity index (χ1v) is 10.9. The van der Waals surface area contributed by atoms with Gasteiger partial charge in [0.1, 0.15) is 4.34 Å². The predicted molar refractivity (Wildman–Crippen MR) is 105 cm³/mol. The maximum absolute atomic E-state index is 13.0. The van der Waals surface area contributed by atoms with E-state index in [9.17, 15) is 13.2 Å². The zero-order valence-electron chi connectivity index (χ0n) is 14.2. The number of ether oxygens (including phenoxy) is 1. The third-order valence-corrected chi connectivity index (χ3v) is 6.81. The van der Waals surface area contributed by atoms with Gasteiger partial charge in [-0.15, -0.1) is 11.3 Å². The van der Waals surface area contributed by atoms with Crippen molar-refractivity contribution in [2.75, 3.05) is 22.8 Å². The number of rotatable bonds is 5. The molecule has 2 aromatic rings. The number of carbonyl (C=O) groups excluding carboxylic acids is 1. The van der Waals surface area contributed by atoms with Gasteiger partial charge in [0.2, 0.25) is 0 Å². The molecule has 27 heavy (non-hydrogen) atoms. The third kappa shape index (κ3) is 4.85. The maximum Gasteiger partial charge on any atom is 0.334 e. The van der Waals surface area contributed by atoms with Crippen molar-refractivity contribution in [3.63, 3.8) is 0 Å². The molecule has 148 valence electrons. The van der Waals surface area contributed by atoms with Gasteiger partial charge in [-0.05, 0) is 18.9 Å². The number of halogens is 2. The fourth-order valence-corrected chi connectivity index (χ4v) is 5.46. The van der Waals surface area contributed by atoms with Crippen molar-refractivity contribution < 1.29 is 17.9 Å². The number of amides is 2. The molecular formula is C14H17Cl2N5O4S2. The molecular weight excluding hydrogens is 437 g/mol. The lowest BCUT2D eigenvalue weighted by Gasteiger charge is -2.33. The van der Waals surface area contributed by atoms with E-state index in [1.54, 1.807) is 13.2 Å². The first-order chi connectivity index (χ1) is 12.8. The first kappa shape index (κ1) is 20.2. The van der Waals surface area contributed by atoms with Crippen molar-refractivity contribution in [3.05, 3.63) is 27.1 Å². The van der Waals surface area contributed by atoms with Crippen LogP contribution < -0.4 is 14.3 Å². The Bertz CT molecular complexity index is 924. The number of anilines is 2. The highest BCUT2D eigenvalue weighted by Crippen LogP contribution is 2.35. The van der Waals surface area contributed by atoms with E-state index in [0.717, 1.165) is 11.3 Å². The minimum absolute atomic E-state index is 0.235. The number of aromatic nitrogens is 2. The fraction of sp³-hybridized carbons (Fsp3) is 0.429. The largest absolute Gasteiger partial charge is 0.381 e. The standard InChI is InChI=1S/C14H17Cl2N5O4S2/c1-20-8-10(7-17-20)21(9-2-4-25-5-3-9)27(23,24)19-14(22)18-11-6-12(15)26-13(11)16/h6-9H,2-5H2,1H3,(H2,18,19,22). The predicted octanol–water partition coefficient (Wildman–Crippen LogP) is 2.84. The van der Waals surface area contributed by atoms with E-state index in [2.05, 4.69) is 10.4 Å². The minimum Gasteiger partial charge on any atom is -0.381 e. The van der Waals surface area contributed by atoms with E-state index in [1.807, 2.05) is 4.72 Å². The number of hydrogen-bond acceptors (Lipinski definition) is 6. The van der Waals surface area contributed by atoms with E-state index < -0.39 is 16.2 Å². The molecule has 2 N–H and O–H groups in total. The van der Waals surface area contributed by atoms with E-state index >= 15 is 0 Å². The molecule has 3 heterocycles. The summed E-state index contributed by atoms with van der Waals surface area (Å²) in [6.45, 7) is 0.873. The average Bonchev–Trinajstić information content (AvgIpc) is 3.13. The van der Waals surface area contributed by atoms with E-state index in [1.165, 1.54) is 21.3 Å². The number of nitrogens with zero attached hydrogens (tertiary/aromatic N) is 3. The summed E-state index contributed by atoms with van der Waals surface area (Å²) >= 11 is 12.8. The van der Waals surface area contributed by atoms with Crippen molar-refractivity contribution in [2.45, 2.75) is 18.9 Å². The summed E-state index contributed by atoms with van der Waals surface area (Å²) in [6.07, 6.45) is 4.01. The molecule has 0 aliphatic carbocycles. The summed E-state index contributed by atoms with van der Waals surface area (Å²) in [5.41, 5.74) is 0.597. The van der Waals surface area contributed by atoms with Crippen LogP contribution in [0, 0.1) is 0 Å². The molecule has 0 radical (unpaired) electrons. The van der Waals surface area contributed by atoms with Crippen LogP contribution in [0.15, 0.2) is 18.5 Å². The van der Waals surface area contributed by atoms with Crippen LogP contribution in [0.1, 0.15) is 12.8 Å². The van der Waals surface area contributed by atoms with Crippen LogP contribution in [0.5, 0.6) is 0 Å². The molecule has 1 fully saturated rings. The van der Waals surface area contributed by atoms with E-state index in [-0.39, 0.29) is 16.1 Å². The monoisotopic (exact) mass is 453 g/mol. The van der Waals surface area contributed by atoms with Crippen molar-refractivity contribution in [2.24, 2.45) is 7.05 Å². The Labute approximate surface area is 170 Å². The van der Waals surface area contributed by atoms with Gasteiger partial charge in [-0.25, -0.2) is 13.8 Å². The molecule has 1 aliphatic rings. The van der Waals surface area contributed by atoms with Gasteiger partial charge in [-0.3, -0.25) is 4.68 Å². The molecule has 0 atom stereocenters. The summed E-state index contributed by atoms with van der Waals surface area (Å²) < 4.78 is 36.5. The molecule has 2 amide bonds. The second-order valence-electron chi connectivity index (χ2n) is 5.81. The number of nitrogens with one attached hydrogen (secondary N) is 2. The molecule has 2 aromatic heterocycles. The second kappa shape index (κ2) is 8.23. The normalized spacial score (nSPS) is 15.5. The number of carbonyl (C=O) groups is 1. The van der Waals surface area contributed by atoms with Gasteiger partial charge < -0.3 is 10.1 Å². The third-order valence-electron chi connectivity index (χ3n) is 3.85. The topological polar surface area (TPSA) is 106 Å². The maximum atomic E-state index is 13.0. The Morgan fingerprint density at radius 2 is 2.11 bits per heavy atom. The summed E-state index contributed by atoms with van der Waals surface area (Å²) in [6, 6.07) is 0.151. The number of aryl methyl sites for hydroxylation is 1. The highest BCUT2D eigenvalue weighted by molar-refractivity contribution is 7.91. The fourth-order valence-electron chi connectivity index (χ4n) is 2.73. The Balaban J connectivity index is 1.81. The van der Waals surface area contributed by atoms with Crippen LogP contribution in [0.25, 0.3) is 0 Å². The SMILES string of the molecule is Cn1cc(N(C2CCOCC2)S(=O)(=O)NC(=O)Nc2cc(Cl)sc2Cl)cn1. The van der Waals surface area contributed by atoms with E-state index in [0.29, 0.717) is 36.1 Å². The number of urea groups is 1. The van der Waals surface area contributed by atoms with Crippen LogP contribution in [0.2, 0.25) is 8.67 Å². The zero-order chi connectivity index (χ0) is 19.6. The van der Waals surface area contributed by atoms with Crippen LogP contribution in [0.4, 0.5) is 16.2 Å². The Morgan fingerprint density at radius 1 is 1.41 bits per heavy atom. The lowest BCUT2D eigenvalue weighted by Crippen LogP contribution is -2.51. The summed E-state index contributed by atoms with van der Waals surface area (Å²) in [7, 11) is -2.52. The van der Waals surface area contributed by atoms with Crippen molar-refractivity contribution in [1.29, 1.82) is 0 Å². The quantitative estimate of drug-likeness (QED) is 0.723. The van der Waals surface area contributed by atoms with Crippen LogP contribution in [-0.2, 0) is 22.0 Å². The van der Waals surface area contributed by atoms with Gasteiger partial charge in [-0.1, -0.05) is 23.2 Å². The molecule has 0 saturated carbocycles. The smallest absolute Gasteiger partial charge is 0.334 e. The molecule has 1 saturated heterocycles. The van der Waals surface area contributed by atoms with Gasteiger partial charge in [0.25, 0.3) is 0 Å². The highest BCUT2D eigenvalue weighted by Gasteiger charge is 2.34. The van der Waals surface area contributed by atoms with Crippen molar-refractivity contribution in [3.8, 4) is 0 Å². The summed E-state index contributed by atoms with van der Waals surface area (Å²) in [5, 5.41) is 6.42. The van der Waals surface area contributed by atoms with Crippen molar-refractivity contribution in [1.82, 2.24) is 14.5 Å². The number of thiophene rings is 1. The van der Waals surface area contributed by atoms with Gasteiger partial charge >= 0.3 is 16.2 Å². The van der Waals surface area contributed by atoms with Gasteiger partial charge in [-0.2, -0.15) is 13.5 Å². The van der Waals surface area contributed by atoms with Gasteiger partial charge in [0, 0.05) is 26.5 Å². The number of hydrogen-bond donors (Lipinski definition) is 2. The van der Waals surface area contributed by atoms with Crippen LogP contribution in [0.3, 0.4) is 0 Å². The first-order valence-electron chi connectivity index (χ1n) is 7.90. The molecule has 3 rings (SSSR count). The zero-order valence-corrected chi connectivity index (χ0v) is 17.3. The second-order valence-corrected chi connectivity index (χ2v) is 9.64. The van der Waals surface area contributed by atoms with Crippen LogP contribution >= 0.6 is 34.5 Å². The molecule has 0 aromatic carbocycles. The molecule has 9 nitrogen and oxygen atoms in total. The van der Waals surface area contributed by atoms with Gasteiger partial charge in [0.05, 0.1) is 27.9 Å². The summed E-state index contributed by atoms with van der Waals surface area (Å²) in [4.78, 5) is 12.2. The summed E-state index contributed by atoms with van der Waals surface area (Å²) in [5.74, 6) is 0. The highest BCUT2D eigenvalue weighted by atomic mass is 35.5. The lowest BCUT2D eigenvalue weighted by molar-refractivity contribution is 0.0875. The molecule has 1 aliphatic heterocycles. The Morgan fingerprint density at radius 3 is 2.67 bits per heavy atom. The minimum atomic E-state index is -4.20. The van der Waals surface area contributed by atoms with Crippen molar-refractivity contribution >= 4 is 62.2 Å². The van der Waals surface area contributed by atoms with E-state index in [4.69, 9.17) is 27.9 Å². The van der Waals surface area contributed by atoms with Gasteiger partial charge in [0.15, 0.2) is 0 Å². The average molecular weight is 454 g/mol.